The maximum atomic E-state index is 12.4. The highest BCUT2D eigenvalue weighted by atomic mass is 32.2. The highest BCUT2D eigenvalue weighted by molar-refractivity contribution is 7.92. The Hall–Kier alpha value is -1.85. The Balaban J connectivity index is 3.27. The number of ether oxygens (including phenoxy) is 2. The SMILES string of the molecule is COc1ccc(S(=O)(=O)C(N)(CCN)OC(=O)C(F)(F)F)cc1. The predicted octanol–water partition coefficient (Wildman–Crippen LogP) is 0.536. The van der Waals surface area contributed by atoms with E-state index >= 15 is 0 Å². The molecule has 1 atom stereocenters. The zero-order valence-corrected chi connectivity index (χ0v) is 12.8. The third-order valence-corrected chi connectivity index (χ3v) is 4.90. The molecule has 1 unspecified atom stereocenters. The van der Waals surface area contributed by atoms with Gasteiger partial charge in [0.05, 0.1) is 12.0 Å². The van der Waals surface area contributed by atoms with E-state index < -0.39 is 44.9 Å². The number of nitrogens with two attached hydrogens (primary N) is 2. The van der Waals surface area contributed by atoms with Crippen LogP contribution >= 0.6 is 0 Å². The lowest BCUT2D eigenvalue weighted by molar-refractivity contribution is -0.207. The smallest absolute Gasteiger partial charge is 0.491 e. The quantitative estimate of drug-likeness (QED) is 0.563. The fourth-order valence-corrected chi connectivity index (χ4v) is 3.08. The second kappa shape index (κ2) is 6.72. The maximum Gasteiger partial charge on any atom is 0.491 e. The zero-order valence-electron chi connectivity index (χ0n) is 12.0. The summed E-state index contributed by atoms with van der Waals surface area (Å²) in [5.74, 6) is -2.40. The van der Waals surface area contributed by atoms with Gasteiger partial charge in [-0.05, 0) is 30.8 Å². The number of benzene rings is 1. The summed E-state index contributed by atoms with van der Waals surface area (Å²) in [6.07, 6.45) is -6.11. The van der Waals surface area contributed by atoms with Gasteiger partial charge in [-0.15, -0.1) is 0 Å². The van der Waals surface area contributed by atoms with Gasteiger partial charge in [-0.3, -0.25) is 5.73 Å². The lowest BCUT2D eigenvalue weighted by atomic mass is 10.3. The van der Waals surface area contributed by atoms with Crippen molar-refractivity contribution in [2.75, 3.05) is 13.7 Å². The predicted molar refractivity (Wildman–Crippen MR) is 72.9 cm³/mol. The zero-order chi connectivity index (χ0) is 17.9. The van der Waals surface area contributed by atoms with Crippen molar-refractivity contribution in [3.63, 3.8) is 0 Å². The van der Waals surface area contributed by atoms with Gasteiger partial charge < -0.3 is 15.2 Å². The van der Waals surface area contributed by atoms with Crippen LogP contribution in [0, 0.1) is 0 Å². The number of hydrogen-bond donors (Lipinski definition) is 2. The highest BCUT2D eigenvalue weighted by Crippen LogP contribution is 2.29. The lowest BCUT2D eigenvalue weighted by Crippen LogP contribution is -2.54. The number of carbonyl (C=O) groups is 1. The molecule has 0 spiro atoms. The first-order valence-electron chi connectivity index (χ1n) is 6.16. The summed E-state index contributed by atoms with van der Waals surface area (Å²) >= 11 is 0. The monoisotopic (exact) mass is 356 g/mol. The molecule has 0 radical (unpaired) electrons. The van der Waals surface area contributed by atoms with Crippen LogP contribution in [0.5, 0.6) is 5.75 Å². The fraction of sp³-hybridized carbons (Fsp3) is 0.417. The van der Waals surface area contributed by atoms with Gasteiger partial charge in [-0.2, -0.15) is 13.2 Å². The van der Waals surface area contributed by atoms with E-state index in [1.54, 1.807) is 0 Å². The Labute approximate surface area is 130 Å². The maximum absolute atomic E-state index is 12.4. The summed E-state index contributed by atoms with van der Waals surface area (Å²) in [7, 11) is -3.30. The molecule has 0 aliphatic carbocycles. The van der Waals surface area contributed by atoms with Crippen molar-refractivity contribution in [1.29, 1.82) is 0 Å². The van der Waals surface area contributed by atoms with Crippen molar-refractivity contribution in [3.8, 4) is 5.75 Å². The molecule has 130 valence electrons. The number of halogens is 3. The molecule has 1 rings (SSSR count). The molecule has 7 nitrogen and oxygen atoms in total. The van der Waals surface area contributed by atoms with E-state index in [-0.39, 0.29) is 0 Å². The molecule has 4 N–H and O–H groups in total. The van der Waals surface area contributed by atoms with Gasteiger partial charge in [0.25, 0.3) is 5.06 Å². The first-order chi connectivity index (χ1) is 10.5. The number of esters is 1. The molecule has 0 aromatic heterocycles. The van der Waals surface area contributed by atoms with Gasteiger partial charge in [-0.1, -0.05) is 0 Å². The molecule has 23 heavy (non-hydrogen) atoms. The van der Waals surface area contributed by atoms with Crippen molar-refractivity contribution in [2.45, 2.75) is 22.5 Å². The van der Waals surface area contributed by atoms with E-state index in [2.05, 4.69) is 4.74 Å². The molecule has 0 aliphatic rings. The molecule has 0 fully saturated rings. The number of hydrogen-bond acceptors (Lipinski definition) is 7. The summed E-state index contributed by atoms with van der Waals surface area (Å²) < 4.78 is 70.8. The van der Waals surface area contributed by atoms with Crippen molar-refractivity contribution in [2.24, 2.45) is 11.5 Å². The van der Waals surface area contributed by atoms with Crippen LogP contribution in [0.1, 0.15) is 6.42 Å². The second-order valence-corrected chi connectivity index (χ2v) is 6.59. The number of rotatable bonds is 6. The fourth-order valence-electron chi connectivity index (χ4n) is 1.61. The van der Waals surface area contributed by atoms with E-state index in [0.29, 0.717) is 5.75 Å². The van der Waals surface area contributed by atoms with Crippen LogP contribution in [0.25, 0.3) is 0 Å². The standard InChI is InChI=1S/C12H15F3N2O5S/c1-21-8-2-4-9(5-3-8)23(19,20)11(17,6-7-16)22-10(18)12(13,14)15/h2-5H,6-7,16-17H2,1H3. The molecule has 1 aromatic carbocycles. The Bertz CT molecular complexity index is 660. The van der Waals surface area contributed by atoms with Gasteiger partial charge in [0.1, 0.15) is 5.75 Å². The Kier molecular flexibility index (Phi) is 5.61. The lowest BCUT2D eigenvalue weighted by Gasteiger charge is -2.28. The summed E-state index contributed by atoms with van der Waals surface area (Å²) in [6.45, 7) is -0.420. The van der Waals surface area contributed by atoms with Crippen LogP contribution in [0.4, 0.5) is 13.2 Å². The largest absolute Gasteiger partial charge is 0.497 e. The minimum absolute atomic E-state index is 0.317. The highest BCUT2D eigenvalue weighted by Gasteiger charge is 2.51. The van der Waals surface area contributed by atoms with Crippen LogP contribution in [0.3, 0.4) is 0 Å². The molecule has 0 aliphatic heterocycles. The van der Waals surface area contributed by atoms with E-state index in [0.717, 1.165) is 12.1 Å². The topological polar surface area (TPSA) is 122 Å². The van der Waals surface area contributed by atoms with Crippen LogP contribution in [-0.4, -0.2) is 39.3 Å². The van der Waals surface area contributed by atoms with Gasteiger partial charge in [0, 0.05) is 6.42 Å². The molecule has 0 saturated carbocycles. The molecule has 0 bridgehead atoms. The van der Waals surface area contributed by atoms with Gasteiger partial charge in [0.15, 0.2) is 0 Å². The second-order valence-electron chi connectivity index (χ2n) is 4.42. The first kappa shape index (κ1) is 19.2. The van der Waals surface area contributed by atoms with Crippen LogP contribution < -0.4 is 16.2 Å². The van der Waals surface area contributed by atoms with Gasteiger partial charge in [0.2, 0.25) is 9.84 Å². The molecular formula is C12H15F3N2O5S. The van der Waals surface area contributed by atoms with Gasteiger partial charge >= 0.3 is 12.1 Å². The molecular weight excluding hydrogens is 341 g/mol. The van der Waals surface area contributed by atoms with Crippen LogP contribution in [0.2, 0.25) is 0 Å². The number of alkyl halides is 3. The number of sulfone groups is 1. The van der Waals surface area contributed by atoms with E-state index in [1.165, 1.54) is 19.2 Å². The third-order valence-electron chi connectivity index (χ3n) is 2.81. The van der Waals surface area contributed by atoms with E-state index in [4.69, 9.17) is 16.2 Å². The van der Waals surface area contributed by atoms with Crippen LogP contribution in [0.15, 0.2) is 29.2 Å². The molecule has 0 saturated heterocycles. The minimum Gasteiger partial charge on any atom is -0.497 e. The Morgan fingerprint density at radius 1 is 1.22 bits per heavy atom. The van der Waals surface area contributed by atoms with Crippen molar-refractivity contribution < 1.29 is 35.9 Å². The first-order valence-corrected chi connectivity index (χ1v) is 7.64. The Morgan fingerprint density at radius 2 is 1.74 bits per heavy atom. The van der Waals surface area contributed by atoms with E-state index in [1.807, 2.05) is 0 Å². The average Bonchev–Trinajstić information content (AvgIpc) is 2.46. The average molecular weight is 356 g/mol. The van der Waals surface area contributed by atoms with E-state index in [9.17, 15) is 26.4 Å². The Morgan fingerprint density at radius 3 is 2.13 bits per heavy atom. The van der Waals surface area contributed by atoms with Crippen LogP contribution in [-0.2, 0) is 19.4 Å². The molecule has 11 heteroatoms. The van der Waals surface area contributed by atoms with Crippen molar-refractivity contribution in [3.05, 3.63) is 24.3 Å². The van der Waals surface area contributed by atoms with Crippen molar-refractivity contribution >= 4 is 15.8 Å². The molecule has 0 heterocycles. The summed E-state index contributed by atoms with van der Waals surface area (Å²) in [4.78, 5) is 10.5. The summed E-state index contributed by atoms with van der Waals surface area (Å²) in [5.41, 5.74) is 10.6. The minimum atomic E-state index is -5.39. The number of carbonyl (C=O) groups excluding carboxylic acids is 1. The summed E-state index contributed by atoms with van der Waals surface area (Å²) in [5, 5.41) is -2.94. The molecule has 1 aromatic rings. The van der Waals surface area contributed by atoms with Crippen molar-refractivity contribution in [1.82, 2.24) is 0 Å². The number of methoxy groups -OCH3 is 1. The molecule has 0 amide bonds. The third kappa shape index (κ3) is 4.12. The summed E-state index contributed by atoms with van der Waals surface area (Å²) in [6, 6.07) is 4.66. The van der Waals surface area contributed by atoms with Gasteiger partial charge in [-0.25, -0.2) is 13.2 Å². The normalized spacial score (nSPS) is 14.9.